The minimum atomic E-state index is -0.185. The summed E-state index contributed by atoms with van der Waals surface area (Å²) >= 11 is 0. The Morgan fingerprint density at radius 2 is 1.33 bits per heavy atom. The Bertz CT molecular complexity index is 1210. The molecule has 0 unspecified atom stereocenters. The van der Waals surface area contributed by atoms with Gasteiger partial charge in [0.2, 0.25) is 0 Å². The van der Waals surface area contributed by atoms with E-state index in [1.165, 1.54) is 0 Å². The molecule has 0 atom stereocenters. The van der Waals surface area contributed by atoms with Gasteiger partial charge in [-0.25, -0.2) is 0 Å². The zero-order valence-corrected chi connectivity index (χ0v) is 15.0. The van der Waals surface area contributed by atoms with Crippen molar-refractivity contribution in [3.63, 3.8) is 0 Å². The first-order valence-corrected chi connectivity index (χ1v) is 8.76. The minimum Gasteiger partial charge on any atom is -0.507 e. The summed E-state index contributed by atoms with van der Waals surface area (Å²) in [5.74, 6) is 0.00941. The van der Waals surface area contributed by atoms with Gasteiger partial charge < -0.3 is 10.4 Å². The minimum absolute atomic E-state index is 0.185. The van der Waals surface area contributed by atoms with Crippen LogP contribution in [0.1, 0.15) is 22.8 Å². The standard InChI is InChI=1S/C24H19NO2/c1-15(2)16-11-12-21(18-8-4-3-7-17(16)18)24(27)25-22-13-14-23(26)20-10-6-5-9-19(20)22/h3-14,26H,1H2,2H3,(H,25,27). The highest BCUT2D eigenvalue weighted by molar-refractivity contribution is 6.16. The first-order valence-electron chi connectivity index (χ1n) is 8.76. The van der Waals surface area contributed by atoms with E-state index in [2.05, 4.69) is 11.9 Å². The lowest BCUT2D eigenvalue weighted by Crippen LogP contribution is -2.13. The highest BCUT2D eigenvalue weighted by Crippen LogP contribution is 2.32. The van der Waals surface area contributed by atoms with Crippen molar-refractivity contribution in [1.29, 1.82) is 0 Å². The van der Waals surface area contributed by atoms with Gasteiger partial charge in [0.15, 0.2) is 0 Å². The average molecular weight is 353 g/mol. The normalized spacial score (nSPS) is 10.9. The van der Waals surface area contributed by atoms with Gasteiger partial charge in [0, 0.05) is 22.0 Å². The summed E-state index contributed by atoms with van der Waals surface area (Å²) in [5.41, 5.74) is 3.27. The first-order chi connectivity index (χ1) is 13.1. The zero-order chi connectivity index (χ0) is 19.0. The maximum atomic E-state index is 13.0. The molecule has 27 heavy (non-hydrogen) atoms. The molecule has 0 aromatic heterocycles. The topological polar surface area (TPSA) is 49.3 Å². The summed E-state index contributed by atoms with van der Waals surface area (Å²) in [4.78, 5) is 13.0. The summed E-state index contributed by atoms with van der Waals surface area (Å²) in [5, 5.41) is 16.4. The number of anilines is 1. The van der Waals surface area contributed by atoms with Crippen LogP contribution in [-0.4, -0.2) is 11.0 Å². The molecule has 4 aromatic rings. The summed E-state index contributed by atoms with van der Waals surface area (Å²) in [7, 11) is 0. The molecule has 0 radical (unpaired) electrons. The molecule has 4 rings (SSSR count). The summed E-state index contributed by atoms with van der Waals surface area (Å²) in [6, 6.07) is 22.4. The van der Waals surface area contributed by atoms with Crippen molar-refractivity contribution in [2.24, 2.45) is 0 Å². The Labute approximate surface area is 157 Å². The third kappa shape index (κ3) is 2.93. The van der Waals surface area contributed by atoms with E-state index in [0.717, 1.165) is 27.3 Å². The SMILES string of the molecule is C=C(C)c1ccc(C(=O)Nc2ccc(O)c3ccccc23)c2ccccc12. The Balaban J connectivity index is 1.80. The number of fused-ring (bicyclic) bond motifs is 2. The molecule has 0 saturated carbocycles. The molecule has 3 heteroatoms. The van der Waals surface area contributed by atoms with Crippen LogP contribution in [0.15, 0.2) is 79.4 Å². The van der Waals surface area contributed by atoms with E-state index in [-0.39, 0.29) is 11.7 Å². The monoisotopic (exact) mass is 353 g/mol. The van der Waals surface area contributed by atoms with Crippen molar-refractivity contribution >= 4 is 38.7 Å². The summed E-state index contributed by atoms with van der Waals surface area (Å²) in [6.45, 7) is 6.00. The number of phenols is 1. The molecule has 4 aromatic carbocycles. The Morgan fingerprint density at radius 1 is 0.778 bits per heavy atom. The number of rotatable bonds is 3. The lowest BCUT2D eigenvalue weighted by atomic mass is 9.96. The van der Waals surface area contributed by atoms with Crippen LogP contribution in [0.2, 0.25) is 0 Å². The zero-order valence-electron chi connectivity index (χ0n) is 15.0. The van der Waals surface area contributed by atoms with Gasteiger partial charge in [-0.15, -0.1) is 0 Å². The van der Waals surface area contributed by atoms with Crippen LogP contribution in [0, 0.1) is 0 Å². The molecular weight excluding hydrogens is 334 g/mol. The van der Waals surface area contributed by atoms with E-state index in [1.807, 2.05) is 67.6 Å². The molecule has 1 amide bonds. The molecule has 0 heterocycles. The van der Waals surface area contributed by atoms with Crippen molar-refractivity contribution in [2.45, 2.75) is 6.92 Å². The number of carbonyl (C=O) groups excluding carboxylic acids is 1. The lowest BCUT2D eigenvalue weighted by Gasteiger charge is -2.13. The van der Waals surface area contributed by atoms with Gasteiger partial charge in [-0.1, -0.05) is 66.7 Å². The largest absolute Gasteiger partial charge is 0.507 e. The molecule has 0 aliphatic carbocycles. The van der Waals surface area contributed by atoms with Gasteiger partial charge in [-0.05, 0) is 41.5 Å². The summed E-state index contributed by atoms with van der Waals surface area (Å²) < 4.78 is 0. The third-order valence-electron chi connectivity index (χ3n) is 4.78. The van der Waals surface area contributed by atoms with E-state index in [1.54, 1.807) is 12.1 Å². The first kappa shape index (κ1) is 16.9. The second kappa shape index (κ2) is 6.61. The molecule has 0 spiro atoms. The highest BCUT2D eigenvalue weighted by Gasteiger charge is 2.14. The molecule has 3 nitrogen and oxygen atoms in total. The number of phenolic OH excluding ortho intramolecular Hbond substituents is 1. The van der Waals surface area contributed by atoms with Gasteiger partial charge in [0.25, 0.3) is 5.91 Å². The Morgan fingerprint density at radius 3 is 2.00 bits per heavy atom. The van der Waals surface area contributed by atoms with Gasteiger partial charge in [0.05, 0.1) is 0 Å². The third-order valence-corrected chi connectivity index (χ3v) is 4.78. The van der Waals surface area contributed by atoms with Crippen LogP contribution in [0.25, 0.3) is 27.1 Å². The number of benzene rings is 4. The molecule has 132 valence electrons. The van der Waals surface area contributed by atoms with Crippen LogP contribution < -0.4 is 5.32 Å². The van der Waals surface area contributed by atoms with E-state index in [0.29, 0.717) is 16.6 Å². The molecule has 2 N–H and O–H groups in total. The van der Waals surface area contributed by atoms with Crippen molar-refractivity contribution in [1.82, 2.24) is 0 Å². The van der Waals surface area contributed by atoms with E-state index >= 15 is 0 Å². The number of allylic oxidation sites excluding steroid dienone is 1. The average Bonchev–Trinajstić information content (AvgIpc) is 2.69. The number of carbonyl (C=O) groups is 1. The molecule has 0 aliphatic heterocycles. The molecular formula is C24H19NO2. The smallest absolute Gasteiger partial charge is 0.256 e. The van der Waals surface area contributed by atoms with Crippen LogP contribution in [0.3, 0.4) is 0 Å². The van der Waals surface area contributed by atoms with E-state index in [4.69, 9.17) is 0 Å². The van der Waals surface area contributed by atoms with E-state index in [9.17, 15) is 9.90 Å². The molecule has 0 bridgehead atoms. The van der Waals surface area contributed by atoms with Gasteiger partial charge in [-0.2, -0.15) is 0 Å². The second-order valence-corrected chi connectivity index (χ2v) is 6.62. The quantitative estimate of drug-likeness (QED) is 0.445. The number of nitrogens with one attached hydrogen (secondary N) is 1. The molecule has 0 saturated heterocycles. The van der Waals surface area contributed by atoms with Crippen molar-refractivity contribution in [3.8, 4) is 5.75 Å². The Kier molecular flexibility index (Phi) is 4.13. The van der Waals surface area contributed by atoms with Crippen molar-refractivity contribution < 1.29 is 9.90 Å². The maximum absolute atomic E-state index is 13.0. The maximum Gasteiger partial charge on any atom is 0.256 e. The summed E-state index contributed by atoms with van der Waals surface area (Å²) in [6.07, 6.45) is 0. The number of hydrogen-bond donors (Lipinski definition) is 2. The lowest BCUT2D eigenvalue weighted by molar-refractivity contribution is 0.102. The van der Waals surface area contributed by atoms with Crippen LogP contribution in [0.4, 0.5) is 5.69 Å². The van der Waals surface area contributed by atoms with Crippen LogP contribution in [-0.2, 0) is 0 Å². The fourth-order valence-electron chi connectivity index (χ4n) is 3.45. The predicted octanol–water partition coefficient (Wildman–Crippen LogP) is 5.98. The van der Waals surface area contributed by atoms with Gasteiger partial charge in [-0.3, -0.25) is 4.79 Å². The number of hydrogen-bond acceptors (Lipinski definition) is 2. The fraction of sp³-hybridized carbons (Fsp3) is 0.0417. The van der Waals surface area contributed by atoms with Crippen LogP contribution in [0.5, 0.6) is 5.75 Å². The van der Waals surface area contributed by atoms with Crippen molar-refractivity contribution in [2.75, 3.05) is 5.32 Å². The van der Waals surface area contributed by atoms with Crippen LogP contribution >= 0.6 is 0 Å². The number of amides is 1. The van der Waals surface area contributed by atoms with Gasteiger partial charge >= 0.3 is 0 Å². The van der Waals surface area contributed by atoms with E-state index < -0.39 is 0 Å². The highest BCUT2D eigenvalue weighted by atomic mass is 16.3. The molecule has 0 fully saturated rings. The fourth-order valence-corrected chi connectivity index (χ4v) is 3.45. The Hall–Kier alpha value is -3.59. The van der Waals surface area contributed by atoms with Gasteiger partial charge in [0.1, 0.15) is 5.75 Å². The second-order valence-electron chi connectivity index (χ2n) is 6.62. The van der Waals surface area contributed by atoms with Crippen molar-refractivity contribution in [3.05, 3.63) is 90.5 Å². The number of aromatic hydroxyl groups is 1. The predicted molar refractivity (Wildman–Crippen MR) is 112 cm³/mol. The molecule has 0 aliphatic rings.